The van der Waals surface area contributed by atoms with Gasteiger partial charge in [-0.15, -0.1) is 0 Å². The first-order valence-electron chi connectivity index (χ1n) is 7.43. The highest BCUT2D eigenvalue weighted by atomic mass is 32.1. The molecule has 0 aliphatic rings. The maximum Gasteiger partial charge on any atom is 0.223 e. The monoisotopic (exact) mass is 330 g/mol. The molecule has 1 aromatic carbocycles. The van der Waals surface area contributed by atoms with E-state index in [2.05, 4.69) is 19.5 Å². The van der Waals surface area contributed by atoms with Crippen molar-refractivity contribution < 1.29 is 9.26 Å². The van der Waals surface area contributed by atoms with Crippen molar-refractivity contribution in [1.29, 1.82) is 0 Å². The molecule has 0 bridgehead atoms. The van der Waals surface area contributed by atoms with Crippen LogP contribution in [-0.4, -0.2) is 26.1 Å². The van der Waals surface area contributed by atoms with E-state index in [1.807, 2.05) is 26.0 Å². The Morgan fingerprint density at radius 3 is 2.57 bits per heavy atom. The third kappa shape index (κ3) is 3.73. The first kappa shape index (κ1) is 15.6. The molecule has 0 atom stereocenters. The Balaban J connectivity index is 1.65. The van der Waals surface area contributed by atoms with Crippen molar-refractivity contribution in [3.05, 3.63) is 40.5 Å². The standard InChI is InChI=1S/C16H18N4O2S/c1-10-7-13(16-18-12(3)22-19-16)8-11(2)15(10)21-6-4-5-14-17-9-23-20-14/h7-9H,4-6H2,1-3H3. The highest BCUT2D eigenvalue weighted by Gasteiger charge is 2.11. The summed E-state index contributed by atoms with van der Waals surface area (Å²) in [6.45, 7) is 6.48. The fourth-order valence-corrected chi connectivity index (χ4v) is 2.91. The predicted molar refractivity (Wildman–Crippen MR) is 87.7 cm³/mol. The molecule has 3 aromatic rings. The van der Waals surface area contributed by atoms with Crippen LogP contribution in [0.2, 0.25) is 0 Å². The molecule has 2 heterocycles. The van der Waals surface area contributed by atoms with Crippen LogP contribution in [0.5, 0.6) is 5.75 Å². The number of ether oxygens (including phenoxy) is 1. The van der Waals surface area contributed by atoms with E-state index in [1.54, 1.807) is 12.4 Å². The topological polar surface area (TPSA) is 73.9 Å². The fraction of sp³-hybridized carbons (Fsp3) is 0.375. The van der Waals surface area contributed by atoms with Gasteiger partial charge in [0.05, 0.1) is 6.61 Å². The summed E-state index contributed by atoms with van der Waals surface area (Å²) >= 11 is 1.38. The summed E-state index contributed by atoms with van der Waals surface area (Å²) in [5.74, 6) is 2.97. The quantitative estimate of drug-likeness (QED) is 0.644. The molecule has 120 valence electrons. The maximum atomic E-state index is 5.95. The summed E-state index contributed by atoms with van der Waals surface area (Å²) in [5.41, 5.74) is 4.82. The molecule has 0 saturated heterocycles. The number of rotatable bonds is 6. The van der Waals surface area contributed by atoms with Gasteiger partial charge in [-0.05, 0) is 55.1 Å². The first-order valence-corrected chi connectivity index (χ1v) is 8.27. The van der Waals surface area contributed by atoms with Crippen molar-refractivity contribution in [2.75, 3.05) is 6.61 Å². The molecule has 2 aromatic heterocycles. The first-order chi connectivity index (χ1) is 11.1. The van der Waals surface area contributed by atoms with E-state index in [-0.39, 0.29) is 0 Å². The van der Waals surface area contributed by atoms with Gasteiger partial charge in [0.2, 0.25) is 11.7 Å². The Labute approximate surface area is 138 Å². The van der Waals surface area contributed by atoms with E-state index >= 15 is 0 Å². The van der Waals surface area contributed by atoms with E-state index < -0.39 is 0 Å². The van der Waals surface area contributed by atoms with Crippen molar-refractivity contribution in [3.8, 4) is 17.1 Å². The van der Waals surface area contributed by atoms with Crippen LogP contribution in [0, 0.1) is 20.8 Å². The van der Waals surface area contributed by atoms with Crippen LogP contribution in [0.3, 0.4) is 0 Å². The van der Waals surface area contributed by atoms with Gasteiger partial charge < -0.3 is 9.26 Å². The van der Waals surface area contributed by atoms with Gasteiger partial charge in [-0.2, -0.15) is 9.36 Å². The Bertz CT molecular complexity index is 760. The third-order valence-electron chi connectivity index (χ3n) is 3.44. The number of benzene rings is 1. The van der Waals surface area contributed by atoms with Gasteiger partial charge >= 0.3 is 0 Å². The van der Waals surface area contributed by atoms with Gasteiger partial charge in [0, 0.05) is 18.9 Å². The average Bonchev–Trinajstić information content (AvgIpc) is 3.17. The summed E-state index contributed by atoms with van der Waals surface area (Å²) in [7, 11) is 0. The summed E-state index contributed by atoms with van der Waals surface area (Å²) in [6, 6.07) is 4.04. The molecule has 0 saturated carbocycles. The van der Waals surface area contributed by atoms with E-state index in [9.17, 15) is 0 Å². The number of aryl methyl sites for hydroxylation is 4. The minimum atomic E-state index is 0.561. The molecule has 0 spiro atoms. The van der Waals surface area contributed by atoms with Crippen molar-refractivity contribution in [2.45, 2.75) is 33.6 Å². The Morgan fingerprint density at radius 1 is 1.17 bits per heavy atom. The van der Waals surface area contributed by atoms with E-state index in [1.165, 1.54) is 11.5 Å². The summed E-state index contributed by atoms with van der Waals surface area (Å²) < 4.78 is 15.2. The van der Waals surface area contributed by atoms with Crippen molar-refractivity contribution in [1.82, 2.24) is 19.5 Å². The lowest BCUT2D eigenvalue weighted by Gasteiger charge is -2.13. The molecule has 0 fully saturated rings. The zero-order chi connectivity index (χ0) is 16.2. The molecule has 0 unspecified atom stereocenters. The Hall–Kier alpha value is -2.28. The third-order valence-corrected chi connectivity index (χ3v) is 3.96. The smallest absolute Gasteiger partial charge is 0.223 e. The summed E-state index contributed by atoms with van der Waals surface area (Å²) in [4.78, 5) is 8.44. The van der Waals surface area contributed by atoms with Crippen molar-refractivity contribution in [3.63, 3.8) is 0 Å². The van der Waals surface area contributed by atoms with Gasteiger partial charge in [0.15, 0.2) is 0 Å². The zero-order valence-corrected chi connectivity index (χ0v) is 14.2. The molecule has 0 radical (unpaired) electrons. The molecule has 23 heavy (non-hydrogen) atoms. The normalized spacial score (nSPS) is 10.9. The van der Waals surface area contributed by atoms with Gasteiger partial charge in [-0.25, -0.2) is 4.98 Å². The molecule has 7 heteroatoms. The second-order valence-corrected chi connectivity index (χ2v) is 5.98. The molecule has 0 aliphatic heterocycles. The maximum absolute atomic E-state index is 5.95. The number of nitrogens with zero attached hydrogens (tertiary/aromatic N) is 4. The van der Waals surface area contributed by atoms with E-state index in [4.69, 9.17) is 9.26 Å². The predicted octanol–water partition coefficient (Wildman–Crippen LogP) is 3.52. The molecule has 0 amide bonds. The van der Waals surface area contributed by atoms with E-state index in [0.717, 1.165) is 41.1 Å². The minimum Gasteiger partial charge on any atom is -0.493 e. The molecular weight excluding hydrogens is 312 g/mol. The highest BCUT2D eigenvalue weighted by Crippen LogP contribution is 2.29. The number of aromatic nitrogens is 4. The molecule has 0 N–H and O–H groups in total. The van der Waals surface area contributed by atoms with Crippen LogP contribution < -0.4 is 4.74 Å². The lowest BCUT2D eigenvalue weighted by atomic mass is 10.1. The van der Waals surface area contributed by atoms with Crippen LogP contribution >= 0.6 is 11.5 Å². The zero-order valence-electron chi connectivity index (χ0n) is 13.4. The molecular formula is C16H18N4O2S. The summed E-state index contributed by atoms with van der Waals surface area (Å²) in [6.07, 6.45) is 1.73. The fourth-order valence-electron chi connectivity index (χ4n) is 2.43. The second-order valence-electron chi connectivity index (χ2n) is 5.38. The molecule has 6 nitrogen and oxygen atoms in total. The van der Waals surface area contributed by atoms with Crippen LogP contribution in [0.4, 0.5) is 0 Å². The van der Waals surface area contributed by atoms with E-state index in [0.29, 0.717) is 18.3 Å². The Kier molecular flexibility index (Phi) is 4.66. The number of hydrogen-bond donors (Lipinski definition) is 0. The van der Waals surface area contributed by atoms with Crippen molar-refractivity contribution >= 4 is 11.5 Å². The van der Waals surface area contributed by atoms with Crippen LogP contribution in [0.1, 0.15) is 29.3 Å². The number of hydrogen-bond acceptors (Lipinski definition) is 7. The average molecular weight is 330 g/mol. The molecule has 3 rings (SSSR count). The highest BCUT2D eigenvalue weighted by molar-refractivity contribution is 7.03. The van der Waals surface area contributed by atoms with Crippen LogP contribution in [0.25, 0.3) is 11.4 Å². The SMILES string of the molecule is Cc1nc(-c2cc(C)c(OCCCc3ncsn3)c(C)c2)no1. The van der Waals surface area contributed by atoms with Crippen LogP contribution in [-0.2, 0) is 6.42 Å². The van der Waals surface area contributed by atoms with Gasteiger partial charge in [0.1, 0.15) is 17.1 Å². The summed E-state index contributed by atoms with van der Waals surface area (Å²) in [5, 5.41) is 3.96. The molecule has 0 aliphatic carbocycles. The van der Waals surface area contributed by atoms with Gasteiger partial charge in [-0.3, -0.25) is 0 Å². The second kappa shape index (κ2) is 6.87. The lowest BCUT2D eigenvalue weighted by molar-refractivity contribution is 0.306. The van der Waals surface area contributed by atoms with Crippen molar-refractivity contribution in [2.24, 2.45) is 0 Å². The van der Waals surface area contributed by atoms with Crippen LogP contribution in [0.15, 0.2) is 22.2 Å². The van der Waals surface area contributed by atoms with Gasteiger partial charge in [0.25, 0.3) is 0 Å². The largest absolute Gasteiger partial charge is 0.493 e. The minimum absolute atomic E-state index is 0.561. The van der Waals surface area contributed by atoms with Gasteiger partial charge in [-0.1, -0.05) is 5.16 Å². The lowest BCUT2D eigenvalue weighted by Crippen LogP contribution is -2.03. The Morgan fingerprint density at radius 2 is 1.96 bits per heavy atom.